The van der Waals surface area contributed by atoms with E-state index in [4.69, 9.17) is 14.7 Å². The van der Waals surface area contributed by atoms with Gasteiger partial charge in [0.1, 0.15) is 0 Å². The standard InChI is InChI=1S/C11H15N3O2/c1-11(2,3)8(12)10-13-9(14-16-10)7-5-4-6-15-7/h4-6,8H,12H2,1-3H3/t8-/m0/s1. The van der Waals surface area contributed by atoms with E-state index in [1.807, 2.05) is 20.8 Å². The van der Waals surface area contributed by atoms with Gasteiger partial charge in [0, 0.05) is 0 Å². The fourth-order valence-electron chi connectivity index (χ4n) is 1.24. The zero-order valence-electron chi connectivity index (χ0n) is 9.60. The van der Waals surface area contributed by atoms with Crippen molar-refractivity contribution in [2.75, 3.05) is 0 Å². The molecule has 0 unspecified atom stereocenters. The molecule has 0 saturated heterocycles. The molecular weight excluding hydrogens is 206 g/mol. The molecule has 0 aliphatic heterocycles. The van der Waals surface area contributed by atoms with E-state index in [1.54, 1.807) is 18.4 Å². The molecule has 0 aliphatic rings. The number of nitrogens with two attached hydrogens (primary N) is 1. The minimum atomic E-state index is -0.288. The highest BCUT2D eigenvalue weighted by atomic mass is 16.5. The second kappa shape index (κ2) is 3.75. The van der Waals surface area contributed by atoms with Crippen molar-refractivity contribution in [3.8, 4) is 11.6 Å². The van der Waals surface area contributed by atoms with Crippen molar-refractivity contribution in [3.05, 3.63) is 24.3 Å². The van der Waals surface area contributed by atoms with E-state index in [-0.39, 0.29) is 11.5 Å². The fraction of sp³-hybridized carbons (Fsp3) is 0.455. The summed E-state index contributed by atoms with van der Waals surface area (Å²) in [5, 5.41) is 3.83. The van der Waals surface area contributed by atoms with Gasteiger partial charge in [-0.1, -0.05) is 25.9 Å². The maximum Gasteiger partial charge on any atom is 0.244 e. The van der Waals surface area contributed by atoms with Crippen LogP contribution in [0.15, 0.2) is 27.3 Å². The fourth-order valence-corrected chi connectivity index (χ4v) is 1.24. The van der Waals surface area contributed by atoms with Crippen LogP contribution >= 0.6 is 0 Å². The quantitative estimate of drug-likeness (QED) is 0.842. The third-order valence-electron chi connectivity index (χ3n) is 2.38. The number of nitrogens with zero attached hydrogens (tertiary/aromatic N) is 2. The SMILES string of the molecule is CC(C)(C)[C@@H](N)c1nc(-c2ccco2)no1. The van der Waals surface area contributed by atoms with Gasteiger partial charge in [-0.05, 0) is 17.5 Å². The Kier molecular flexibility index (Phi) is 2.55. The molecule has 0 aromatic carbocycles. The van der Waals surface area contributed by atoms with Crippen molar-refractivity contribution >= 4 is 0 Å². The molecule has 5 nitrogen and oxygen atoms in total. The van der Waals surface area contributed by atoms with Crippen molar-refractivity contribution in [3.63, 3.8) is 0 Å². The lowest BCUT2D eigenvalue weighted by molar-refractivity contribution is 0.253. The normalized spacial score (nSPS) is 14.0. The maximum atomic E-state index is 6.01. The Balaban J connectivity index is 2.27. The first-order valence-corrected chi connectivity index (χ1v) is 5.11. The summed E-state index contributed by atoms with van der Waals surface area (Å²) in [6.07, 6.45) is 1.56. The van der Waals surface area contributed by atoms with Crippen LogP contribution in [0.2, 0.25) is 0 Å². The highest BCUT2D eigenvalue weighted by molar-refractivity contribution is 5.44. The average molecular weight is 221 g/mol. The molecule has 1 atom stereocenters. The molecule has 0 amide bonds. The first kappa shape index (κ1) is 10.9. The van der Waals surface area contributed by atoms with Gasteiger partial charge < -0.3 is 14.7 Å². The van der Waals surface area contributed by atoms with Crippen molar-refractivity contribution in [2.24, 2.45) is 11.1 Å². The highest BCUT2D eigenvalue weighted by Gasteiger charge is 2.28. The van der Waals surface area contributed by atoms with Crippen LogP contribution in [0.25, 0.3) is 11.6 Å². The summed E-state index contributed by atoms with van der Waals surface area (Å²) < 4.78 is 10.3. The van der Waals surface area contributed by atoms with E-state index in [1.165, 1.54) is 0 Å². The molecule has 16 heavy (non-hydrogen) atoms. The third-order valence-corrected chi connectivity index (χ3v) is 2.38. The Hall–Kier alpha value is -1.62. The van der Waals surface area contributed by atoms with Gasteiger partial charge >= 0.3 is 0 Å². The monoisotopic (exact) mass is 221 g/mol. The Morgan fingerprint density at radius 1 is 1.38 bits per heavy atom. The molecule has 0 saturated carbocycles. The molecule has 0 radical (unpaired) electrons. The third kappa shape index (κ3) is 1.99. The van der Waals surface area contributed by atoms with Crippen molar-refractivity contribution in [1.82, 2.24) is 10.1 Å². The van der Waals surface area contributed by atoms with Crippen LogP contribution in [0, 0.1) is 5.41 Å². The Bertz CT molecular complexity index is 454. The van der Waals surface area contributed by atoms with Crippen molar-refractivity contribution in [2.45, 2.75) is 26.8 Å². The van der Waals surface area contributed by atoms with Crippen molar-refractivity contribution < 1.29 is 8.94 Å². The second-order valence-corrected chi connectivity index (χ2v) is 4.78. The molecule has 0 fully saturated rings. The number of furan rings is 1. The number of rotatable bonds is 2. The largest absolute Gasteiger partial charge is 0.461 e. The van der Waals surface area contributed by atoms with Crippen molar-refractivity contribution in [1.29, 1.82) is 0 Å². The van der Waals surface area contributed by atoms with Gasteiger partial charge in [-0.25, -0.2) is 0 Å². The molecule has 0 spiro atoms. The van der Waals surface area contributed by atoms with E-state index < -0.39 is 0 Å². The first-order valence-electron chi connectivity index (χ1n) is 5.11. The summed E-state index contributed by atoms with van der Waals surface area (Å²) in [6.45, 7) is 6.07. The zero-order chi connectivity index (χ0) is 11.8. The average Bonchev–Trinajstić information content (AvgIpc) is 2.85. The molecule has 0 bridgehead atoms. The van der Waals surface area contributed by atoms with Gasteiger partial charge in [-0.2, -0.15) is 4.98 Å². The summed E-state index contributed by atoms with van der Waals surface area (Å²) in [5.74, 6) is 1.44. The van der Waals surface area contributed by atoms with Crippen LogP contribution in [-0.4, -0.2) is 10.1 Å². The molecule has 2 rings (SSSR count). The molecule has 5 heteroatoms. The van der Waals surface area contributed by atoms with E-state index in [0.717, 1.165) is 0 Å². The van der Waals surface area contributed by atoms with Gasteiger partial charge in [0.2, 0.25) is 11.7 Å². The molecule has 2 heterocycles. The lowest BCUT2D eigenvalue weighted by Gasteiger charge is -2.23. The van der Waals surface area contributed by atoms with Crippen LogP contribution in [0.3, 0.4) is 0 Å². The van der Waals surface area contributed by atoms with Gasteiger partial charge in [0.15, 0.2) is 5.76 Å². The van der Waals surface area contributed by atoms with E-state index >= 15 is 0 Å². The Morgan fingerprint density at radius 3 is 2.69 bits per heavy atom. The molecule has 0 aliphatic carbocycles. The topological polar surface area (TPSA) is 78.1 Å². The molecular formula is C11H15N3O2. The minimum Gasteiger partial charge on any atom is -0.461 e. The minimum absolute atomic E-state index is 0.118. The molecule has 2 N–H and O–H groups in total. The summed E-state index contributed by atoms with van der Waals surface area (Å²) >= 11 is 0. The van der Waals surface area contributed by atoms with Gasteiger partial charge in [0.25, 0.3) is 0 Å². The van der Waals surface area contributed by atoms with Crippen LogP contribution in [0.5, 0.6) is 0 Å². The van der Waals surface area contributed by atoms with Crippen LogP contribution in [0.1, 0.15) is 32.7 Å². The lowest BCUT2D eigenvalue weighted by Crippen LogP contribution is -2.26. The zero-order valence-corrected chi connectivity index (χ0v) is 9.60. The smallest absolute Gasteiger partial charge is 0.244 e. The first-order chi connectivity index (χ1) is 7.48. The highest BCUT2D eigenvalue weighted by Crippen LogP contribution is 2.30. The van der Waals surface area contributed by atoms with Crippen LogP contribution in [0.4, 0.5) is 0 Å². The predicted octanol–water partition coefficient (Wildman–Crippen LogP) is 2.38. The number of hydrogen-bond acceptors (Lipinski definition) is 5. The van der Waals surface area contributed by atoms with E-state index in [2.05, 4.69) is 10.1 Å². The molecule has 2 aromatic heterocycles. The number of hydrogen-bond donors (Lipinski definition) is 1. The maximum absolute atomic E-state index is 6.01. The summed E-state index contributed by atoms with van der Waals surface area (Å²) in [4.78, 5) is 4.22. The Morgan fingerprint density at radius 2 is 2.12 bits per heavy atom. The predicted molar refractivity (Wildman–Crippen MR) is 58.4 cm³/mol. The second-order valence-electron chi connectivity index (χ2n) is 4.78. The van der Waals surface area contributed by atoms with Gasteiger partial charge in [-0.15, -0.1) is 0 Å². The molecule has 2 aromatic rings. The molecule has 86 valence electrons. The van der Waals surface area contributed by atoms with E-state index in [9.17, 15) is 0 Å². The van der Waals surface area contributed by atoms with Gasteiger partial charge in [-0.3, -0.25) is 0 Å². The summed E-state index contributed by atoms with van der Waals surface area (Å²) in [5.41, 5.74) is 5.89. The lowest BCUT2D eigenvalue weighted by atomic mass is 9.87. The van der Waals surface area contributed by atoms with Gasteiger partial charge in [0.05, 0.1) is 12.3 Å². The van der Waals surface area contributed by atoms with Crippen LogP contribution in [-0.2, 0) is 0 Å². The summed E-state index contributed by atoms with van der Waals surface area (Å²) in [7, 11) is 0. The Labute approximate surface area is 93.6 Å². The summed E-state index contributed by atoms with van der Waals surface area (Å²) in [6, 6.07) is 3.26. The number of aromatic nitrogens is 2. The van der Waals surface area contributed by atoms with Crippen LogP contribution < -0.4 is 5.73 Å². The van der Waals surface area contributed by atoms with E-state index in [0.29, 0.717) is 17.5 Å².